The van der Waals surface area contributed by atoms with Crippen LogP contribution < -0.4 is 16.6 Å². The number of guanidine groups is 1. The molecule has 2 atom stereocenters. The summed E-state index contributed by atoms with van der Waals surface area (Å²) in [4.78, 5) is 4.47. The van der Waals surface area contributed by atoms with E-state index < -0.39 is 0 Å². The van der Waals surface area contributed by atoms with Gasteiger partial charge in [-0.05, 0) is 38.5 Å². The van der Waals surface area contributed by atoms with Gasteiger partial charge < -0.3 is 5.32 Å². The molecular weight excluding hydrogens is 212 g/mol. The zero-order valence-corrected chi connectivity index (χ0v) is 11.5. The van der Waals surface area contributed by atoms with Crippen molar-refractivity contribution in [2.45, 2.75) is 58.9 Å². The molecule has 0 spiro atoms. The zero-order chi connectivity index (χ0) is 12.7. The maximum absolute atomic E-state index is 5.42. The number of hydrogen-bond acceptors (Lipinski definition) is 2. The fourth-order valence-electron chi connectivity index (χ4n) is 2.59. The van der Waals surface area contributed by atoms with E-state index in [-0.39, 0.29) is 0 Å². The van der Waals surface area contributed by atoms with Crippen LogP contribution in [0.25, 0.3) is 0 Å². The average molecular weight is 240 g/mol. The quantitative estimate of drug-likeness (QED) is 0.305. The Balaban J connectivity index is 2.26. The molecule has 1 fully saturated rings. The molecule has 0 radical (unpaired) electrons. The first-order chi connectivity index (χ1) is 8.11. The van der Waals surface area contributed by atoms with Gasteiger partial charge in [-0.2, -0.15) is 0 Å². The van der Waals surface area contributed by atoms with Crippen molar-refractivity contribution in [3.63, 3.8) is 0 Å². The molecule has 1 rings (SSSR count). The number of nitrogens with one attached hydrogen (secondary N) is 2. The van der Waals surface area contributed by atoms with Gasteiger partial charge in [0.1, 0.15) is 0 Å². The largest absolute Gasteiger partial charge is 0.353 e. The van der Waals surface area contributed by atoms with Crippen LogP contribution in [0, 0.1) is 11.8 Å². The van der Waals surface area contributed by atoms with Crippen LogP contribution in [0.5, 0.6) is 0 Å². The lowest BCUT2D eigenvalue weighted by atomic mass is 9.81. The van der Waals surface area contributed by atoms with E-state index in [0.29, 0.717) is 12.0 Å². The van der Waals surface area contributed by atoms with Crippen LogP contribution in [-0.2, 0) is 0 Å². The maximum atomic E-state index is 5.42. The molecule has 0 aliphatic heterocycles. The molecule has 0 aromatic carbocycles. The Morgan fingerprint density at radius 2 is 2.18 bits per heavy atom. The molecule has 4 heteroatoms. The Hall–Kier alpha value is -0.770. The molecule has 0 aromatic rings. The molecule has 0 heterocycles. The molecular formula is C13H28N4. The highest BCUT2D eigenvalue weighted by atomic mass is 15.3. The van der Waals surface area contributed by atoms with Gasteiger partial charge in [-0.25, -0.2) is 5.84 Å². The number of rotatable bonds is 4. The van der Waals surface area contributed by atoms with Crippen molar-refractivity contribution in [2.75, 3.05) is 6.54 Å². The summed E-state index contributed by atoms with van der Waals surface area (Å²) in [5, 5.41) is 3.19. The SMILES string of the molecule is CC1CCCC(CCN=C(NN)NC(C)C)C1. The van der Waals surface area contributed by atoms with Crippen LogP contribution >= 0.6 is 0 Å². The second-order valence-electron chi connectivity index (χ2n) is 5.60. The van der Waals surface area contributed by atoms with E-state index in [9.17, 15) is 0 Å². The minimum atomic E-state index is 0.361. The van der Waals surface area contributed by atoms with E-state index in [0.717, 1.165) is 18.4 Å². The number of hydrogen-bond donors (Lipinski definition) is 3. The van der Waals surface area contributed by atoms with E-state index >= 15 is 0 Å². The lowest BCUT2D eigenvalue weighted by Crippen LogP contribution is -2.44. The molecule has 0 bridgehead atoms. The molecule has 0 aromatic heterocycles. The molecule has 0 amide bonds. The van der Waals surface area contributed by atoms with Crippen molar-refractivity contribution in [1.82, 2.24) is 10.7 Å². The minimum Gasteiger partial charge on any atom is -0.353 e. The summed E-state index contributed by atoms with van der Waals surface area (Å²) in [5.41, 5.74) is 2.62. The third kappa shape index (κ3) is 5.91. The van der Waals surface area contributed by atoms with Gasteiger partial charge in [0.2, 0.25) is 5.96 Å². The first-order valence-electron chi connectivity index (χ1n) is 6.89. The first kappa shape index (κ1) is 14.3. The second kappa shape index (κ2) is 7.54. The number of aliphatic imine (C=N–C) groups is 1. The summed E-state index contributed by atoms with van der Waals surface area (Å²) in [6, 6.07) is 0.361. The third-order valence-corrected chi connectivity index (χ3v) is 3.41. The summed E-state index contributed by atoms with van der Waals surface area (Å²) in [7, 11) is 0. The Labute approximate surface area is 105 Å². The zero-order valence-electron chi connectivity index (χ0n) is 11.5. The van der Waals surface area contributed by atoms with Crippen molar-refractivity contribution < 1.29 is 0 Å². The van der Waals surface area contributed by atoms with Gasteiger partial charge in [0.15, 0.2) is 0 Å². The summed E-state index contributed by atoms with van der Waals surface area (Å²) in [5.74, 6) is 7.89. The van der Waals surface area contributed by atoms with Gasteiger partial charge in [-0.1, -0.05) is 26.2 Å². The molecule has 1 aliphatic carbocycles. The Kier molecular flexibility index (Phi) is 6.34. The molecule has 100 valence electrons. The fraction of sp³-hybridized carbons (Fsp3) is 0.923. The minimum absolute atomic E-state index is 0.361. The molecule has 4 N–H and O–H groups in total. The fourth-order valence-corrected chi connectivity index (χ4v) is 2.59. The lowest BCUT2D eigenvalue weighted by molar-refractivity contribution is 0.272. The van der Waals surface area contributed by atoms with E-state index in [1.54, 1.807) is 0 Å². The average Bonchev–Trinajstić information content (AvgIpc) is 2.27. The topological polar surface area (TPSA) is 62.4 Å². The van der Waals surface area contributed by atoms with Crippen LogP contribution in [0.2, 0.25) is 0 Å². The van der Waals surface area contributed by atoms with Crippen molar-refractivity contribution in [3.8, 4) is 0 Å². The highest BCUT2D eigenvalue weighted by Gasteiger charge is 2.18. The van der Waals surface area contributed by atoms with Crippen LogP contribution in [0.1, 0.15) is 52.9 Å². The number of hydrazine groups is 1. The van der Waals surface area contributed by atoms with Crippen molar-refractivity contribution in [2.24, 2.45) is 22.7 Å². The van der Waals surface area contributed by atoms with E-state index in [1.807, 2.05) is 0 Å². The van der Waals surface area contributed by atoms with E-state index in [2.05, 4.69) is 36.5 Å². The normalized spacial score (nSPS) is 26.1. The predicted molar refractivity (Wildman–Crippen MR) is 73.6 cm³/mol. The van der Waals surface area contributed by atoms with E-state index in [1.165, 1.54) is 32.1 Å². The smallest absolute Gasteiger partial charge is 0.205 e. The number of nitrogens with two attached hydrogens (primary N) is 1. The highest BCUT2D eigenvalue weighted by Crippen LogP contribution is 2.30. The Morgan fingerprint density at radius 1 is 1.41 bits per heavy atom. The Morgan fingerprint density at radius 3 is 2.76 bits per heavy atom. The third-order valence-electron chi connectivity index (χ3n) is 3.41. The molecule has 17 heavy (non-hydrogen) atoms. The highest BCUT2D eigenvalue weighted by molar-refractivity contribution is 5.79. The van der Waals surface area contributed by atoms with Gasteiger partial charge in [0, 0.05) is 12.6 Å². The number of nitrogens with zero attached hydrogens (tertiary/aromatic N) is 1. The van der Waals surface area contributed by atoms with Crippen LogP contribution in [0.15, 0.2) is 4.99 Å². The Bertz CT molecular complexity index is 238. The van der Waals surface area contributed by atoms with Gasteiger partial charge >= 0.3 is 0 Å². The molecule has 2 unspecified atom stereocenters. The summed E-state index contributed by atoms with van der Waals surface area (Å²) < 4.78 is 0. The molecule has 4 nitrogen and oxygen atoms in total. The standard InChI is InChI=1S/C13H28N4/c1-10(2)16-13(17-14)15-8-7-12-6-4-5-11(3)9-12/h10-12H,4-9,14H2,1-3H3,(H2,15,16,17). The van der Waals surface area contributed by atoms with Gasteiger partial charge in [-0.15, -0.1) is 0 Å². The van der Waals surface area contributed by atoms with Crippen LogP contribution in [0.4, 0.5) is 0 Å². The summed E-state index contributed by atoms with van der Waals surface area (Å²) >= 11 is 0. The van der Waals surface area contributed by atoms with E-state index in [4.69, 9.17) is 5.84 Å². The van der Waals surface area contributed by atoms with Crippen molar-refractivity contribution in [1.29, 1.82) is 0 Å². The summed E-state index contributed by atoms with van der Waals surface area (Å²) in [6.45, 7) is 7.39. The van der Waals surface area contributed by atoms with Gasteiger partial charge in [0.25, 0.3) is 0 Å². The maximum Gasteiger partial charge on any atom is 0.205 e. The monoisotopic (exact) mass is 240 g/mol. The molecule has 1 saturated carbocycles. The molecule has 0 saturated heterocycles. The lowest BCUT2D eigenvalue weighted by Gasteiger charge is -2.26. The summed E-state index contributed by atoms with van der Waals surface area (Å²) in [6.07, 6.45) is 6.74. The molecule has 1 aliphatic rings. The van der Waals surface area contributed by atoms with Crippen LogP contribution in [-0.4, -0.2) is 18.5 Å². The van der Waals surface area contributed by atoms with Gasteiger partial charge in [0.05, 0.1) is 0 Å². The van der Waals surface area contributed by atoms with Crippen molar-refractivity contribution >= 4 is 5.96 Å². The van der Waals surface area contributed by atoms with Crippen LogP contribution in [0.3, 0.4) is 0 Å². The second-order valence-corrected chi connectivity index (χ2v) is 5.60. The van der Waals surface area contributed by atoms with Crippen molar-refractivity contribution in [3.05, 3.63) is 0 Å². The first-order valence-corrected chi connectivity index (χ1v) is 6.89. The predicted octanol–water partition coefficient (Wildman–Crippen LogP) is 2.02. The van der Waals surface area contributed by atoms with Gasteiger partial charge in [-0.3, -0.25) is 10.4 Å².